The molecule has 0 amide bonds. The van der Waals surface area contributed by atoms with Gasteiger partial charge in [0.05, 0.1) is 12.8 Å². The monoisotopic (exact) mass is 329 g/mol. The molecule has 3 aromatic rings. The summed E-state index contributed by atoms with van der Waals surface area (Å²) in [5, 5.41) is 0.760. The van der Waals surface area contributed by atoms with Crippen LogP contribution in [-0.4, -0.2) is 32.0 Å². The number of fused-ring (bicyclic) bond motifs is 1. The summed E-state index contributed by atoms with van der Waals surface area (Å²) in [6.45, 7) is 0. The molecule has 0 bridgehead atoms. The van der Waals surface area contributed by atoms with Gasteiger partial charge >= 0.3 is 0 Å². The number of nitrogens with zero attached hydrogens (tertiary/aromatic N) is 4. The average Bonchev–Trinajstić information content (AvgIpc) is 3.39. The van der Waals surface area contributed by atoms with Crippen molar-refractivity contribution in [1.29, 1.82) is 0 Å². The van der Waals surface area contributed by atoms with Crippen LogP contribution in [-0.2, 0) is 0 Å². The van der Waals surface area contributed by atoms with Crippen LogP contribution in [0.15, 0.2) is 23.4 Å². The normalized spacial score (nSPS) is 14.2. The Hall–Kier alpha value is -2.54. The van der Waals surface area contributed by atoms with Crippen molar-refractivity contribution in [3.8, 4) is 17.3 Å². The van der Waals surface area contributed by atoms with Crippen LogP contribution in [0.25, 0.3) is 22.4 Å². The zero-order valence-electron chi connectivity index (χ0n) is 12.2. The van der Waals surface area contributed by atoms with E-state index in [9.17, 15) is 4.79 Å². The number of aromatic nitrogens is 5. The Morgan fingerprint density at radius 3 is 2.87 bits per heavy atom. The lowest BCUT2D eigenvalue weighted by atomic mass is 10.1. The molecular formula is C15H12ClN5O2. The first-order valence-electron chi connectivity index (χ1n) is 7.12. The van der Waals surface area contributed by atoms with Crippen molar-refractivity contribution in [3.05, 3.63) is 39.7 Å². The first-order chi connectivity index (χ1) is 11.2. The van der Waals surface area contributed by atoms with Crippen LogP contribution in [0.2, 0.25) is 5.02 Å². The predicted molar refractivity (Wildman–Crippen MR) is 84.7 cm³/mol. The zero-order valence-corrected chi connectivity index (χ0v) is 13.0. The summed E-state index contributed by atoms with van der Waals surface area (Å²) in [7, 11) is 1.55. The molecule has 0 aliphatic heterocycles. The topological polar surface area (TPSA) is 93.6 Å². The summed E-state index contributed by atoms with van der Waals surface area (Å²) in [5.74, 6) is 1.23. The highest BCUT2D eigenvalue weighted by Crippen LogP contribution is 2.44. The molecule has 0 aromatic carbocycles. The molecule has 1 aliphatic carbocycles. The number of H-pyrrole nitrogens is 1. The number of halogens is 1. The number of aromatic amines is 1. The van der Waals surface area contributed by atoms with E-state index in [2.05, 4.69) is 24.9 Å². The van der Waals surface area contributed by atoms with Crippen molar-refractivity contribution in [2.45, 2.75) is 18.8 Å². The molecule has 116 valence electrons. The van der Waals surface area contributed by atoms with E-state index in [4.69, 9.17) is 16.3 Å². The van der Waals surface area contributed by atoms with Crippen LogP contribution < -0.4 is 10.3 Å². The van der Waals surface area contributed by atoms with Crippen molar-refractivity contribution in [3.63, 3.8) is 0 Å². The zero-order chi connectivity index (χ0) is 16.0. The number of methoxy groups -OCH3 is 1. The Morgan fingerprint density at radius 1 is 1.30 bits per heavy atom. The molecule has 0 saturated heterocycles. The second kappa shape index (κ2) is 5.27. The third-order valence-electron chi connectivity index (χ3n) is 3.77. The van der Waals surface area contributed by atoms with Gasteiger partial charge in [0.25, 0.3) is 5.56 Å². The van der Waals surface area contributed by atoms with Gasteiger partial charge in [-0.2, -0.15) is 0 Å². The third kappa shape index (κ3) is 2.43. The number of rotatable bonds is 3. The van der Waals surface area contributed by atoms with Crippen LogP contribution in [0.3, 0.4) is 0 Å². The summed E-state index contributed by atoms with van der Waals surface area (Å²) < 4.78 is 5.35. The van der Waals surface area contributed by atoms with Gasteiger partial charge in [-0.15, -0.1) is 0 Å². The summed E-state index contributed by atoms with van der Waals surface area (Å²) in [6.07, 6.45) is 5.25. The summed E-state index contributed by atoms with van der Waals surface area (Å²) >= 11 is 5.83. The molecule has 1 fully saturated rings. The van der Waals surface area contributed by atoms with E-state index >= 15 is 0 Å². The molecular weight excluding hydrogens is 318 g/mol. The number of hydrogen-bond acceptors (Lipinski definition) is 6. The molecule has 0 spiro atoms. The largest absolute Gasteiger partial charge is 0.480 e. The SMILES string of the molecule is COc1ncnc(C2CC2)c1-c1ncc2cc(Cl)c(=O)[nH]c2n1. The Bertz CT molecular complexity index is 968. The first-order valence-corrected chi connectivity index (χ1v) is 7.50. The van der Waals surface area contributed by atoms with Crippen LogP contribution >= 0.6 is 11.6 Å². The molecule has 4 rings (SSSR count). The van der Waals surface area contributed by atoms with Gasteiger partial charge in [-0.3, -0.25) is 4.79 Å². The van der Waals surface area contributed by atoms with Gasteiger partial charge in [-0.05, 0) is 18.9 Å². The molecule has 8 heteroatoms. The molecule has 1 N–H and O–H groups in total. The summed E-state index contributed by atoms with van der Waals surface area (Å²) in [5.41, 5.74) is 1.59. The van der Waals surface area contributed by atoms with Crippen LogP contribution in [0, 0.1) is 0 Å². The molecule has 3 aromatic heterocycles. The van der Waals surface area contributed by atoms with Crippen molar-refractivity contribution >= 4 is 22.6 Å². The summed E-state index contributed by atoms with van der Waals surface area (Å²) in [4.78, 5) is 31.7. The Morgan fingerprint density at radius 2 is 2.13 bits per heavy atom. The maximum Gasteiger partial charge on any atom is 0.268 e. The fraction of sp³-hybridized carbons (Fsp3) is 0.267. The van der Waals surface area contributed by atoms with E-state index in [1.807, 2.05) is 0 Å². The second-order valence-electron chi connectivity index (χ2n) is 5.36. The standard InChI is InChI=1S/C15H12ClN5O2/c1-23-15-10(11(7-2-3-7)18-6-19-15)13-17-5-8-4-9(16)14(22)21-12(8)20-13/h4-7H,2-3H2,1H3,(H,17,20,21,22). The van der Waals surface area contributed by atoms with Crippen LogP contribution in [0.1, 0.15) is 24.5 Å². The van der Waals surface area contributed by atoms with E-state index in [0.717, 1.165) is 18.5 Å². The molecule has 7 nitrogen and oxygen atoms in total. The minimum Gasteiger partial charge on any atom is -0.480 e. The van der Waals surface area contributed by atoms with E-state index in [1.54, 1.807) is 19.4 Å². The highest BCUT2D eigenvalue weighted by Gasteiger charge is 2.31. The highest BCUT2D eigenvalue weighted by molar-refractivity contribution is 6.30. The smallest absolute Gasteiger partial charge is 0.268 e. The maximum atomic E-state index is 11.7. The Kier molecular flexibility index (Phi) is 3.23. The Balaban J connectivity index is 1.95. The Labute approximate surface area is 135 Å². The van der Waals surface area contributed by atoms with Crippen molar-refractivity contribution in [2.24, 2.45) is 0 Å². The van der Waals surface area contributed by atoms with Gasteiger partial charge in [-0.25, -0.2) is 19.9 Å². The third-order valence-corrected chi connectivity index (χ3v) is 4.05. The molecule has 0 atom stereocenters. The van der Waals surface area contributed by atoms with Crippen molar-refractivity contribution < 1.29 is 4.74 Å². The highest BCUT2D eigenvalue weighted by atomic mass is 35.5. The van der Waals surface area contributed by atoms with Gasteiger partial charge in [0, 0.05) is 17.5 Å². The number of pyridine rings is 1. The minimum atomic E-state index is -0.387. The summed E-state index contributed by atoms with van der Waals surface area (Å²) in [6, 6.07) is 1.54. The van der Waals surface area contributed by atoms with Gasteiger partial charge in [0.2, 0.25) is 5.88 Å². The van der Waals surface area contributed by atoms with Crippen LogP contribution in [0.5, 0.6) is 5.88 Å². The van der Waals surface area contributed by atoms with Gasteiger partial charge in [0.1, 0.15) is 22.6 Å². The van der Waals surface area contributed by atoms with Crippen molar-refractivity contribution in [1.82, 2.24) is 24.9 Å². The van der Waals surface area contributed by atoms with Crippen molar-refractivity contribution in [2.75, 3.05) is 7.11 Å². The number of hydrogen-bond donors (Lipinski definition) is 1. The fourth-order valence-corrected chi connectivity index (χ4v) is 2.66. The molecule has 3 heterocycles. The predicted octanol–water partition coefficient (Wildman–Crippen LogP) is 2.31. The molecule has 1 aliphatic rings. The van der Waals surface area contributed by atoms with Gasteiger partial charge < -0.3 is 9.72 Å². The molecule has 0 radical (unpaired) electrons. The number of ether oxygens (including phenoxy) is 1. The van der Waals surface area contributed by atoms with Gasteiger partial charge in [0.15, 0.2) is 5.82 Å². The van der Waals surface area contributed by atoms with E-state index in [-0.39, 0.29) is 10.6 Å². The van der Waals surface area contributed by atoms with E-state index in [0.29, 0.717) is 34.2 Å². The average molecular weight is 330 g/mol. The first kappa shape index (κ1) is 14.1. The number of nitrogens with one attached hydrogen (secondary N) is 1. The van der Waals surface area contributed by atoms with E-state index < -0.39 is 0 Å². The fourth-order valence-electron chi connectivity index (χ4n) is 2.50. The second-order valence-corrected chi connectivity index (χ2v) is 5.77. The lowest BCUT2D eigenvalue weighted by molar-refractivity contribution is 0.397. The van der Waals surface area contributed by atoms with E-state index in [1.165, 1.54) is 6.33 Å². The van der Waals surface area contributed by atoms with Crippen LogP contribution in [0.4, 0.5) is 0 Å². The lowest BCUT2D eigenvalue weighted by Gasteiger charge is -2.10. The molecule has 1 saturated carbocycles. The lowest BCUT2D eigenvalue weighted by Crippen LogP contribution is -2.08. The molecule has 0 unspecified atom stereocenters. The minimum absolute atomic E-state index is 0.105. The quantitative estimate of drug-likeness (QED) is 0.792. The van der Waals surface area contributed by atoms with Gasteiger partial charge in [-0.1, -0.05) is 11.6 Å². The maximum absolute atomic E-state index is 11.7. The molecule has 23 heavy (non-hydrogen) atoms.